The maximum Gasteiger partial charge on any atom is 0.326 e. The summed E-state index contributed by atoms with van der Waals surface area (Å²) < 4.78 is 0. The number of para-hydroxylation sites is 1. The Labute approximate surface area is 103 Å². The van der Waals surface area contributed by atoms with Crippen molar-refractivity contribution >= 4 is 11.7 Å². The molecule has 1 atom stereocenters. The number of anilines is 1. The highest BCUT2D eigenvalue weighted by molar-refractivity contribution is 5.79. The molecule has 0 aliphatic rings. The zero-order chi connectivity index (χ0) is 13.0. The van der Waals surface area contributed by atoms with E-state index in [1.54, 1.807) is 6.92 Å². The van der Waals surface area contributed by atoms with Gasteiger partial charge in [-0.3, -0.25) is 0 Å². The van der Waals surface area contributed by atoms with Crippen LogP contribution in [0.2, 0.25) is 0 Å². The Bertz CT molecular complexity index is 381. The van der Waals surface area contributed by atoms with Gasteiger partial charge in [0.1, 0.15) is 6.04 Å². The first-order valence-corrected chi connectivity index (χ1v) is 6.04. The van der Waals surface area contributed by atoms with Crippen molar-refractivity contribution in [3.8, 4) is 0 Å². The van der Waals surface area contributed by atoms with E-state index in [9.17, 15) is 9.90 Å². The predicted octanol–water partition coefficient (Wildman–Crippen LogP) is 2.99. The quantitative estimate of drug-likeness (QED) is 0.853. The molecule has 3 heteroatoms. The summed E-state index contributed by atoms with van der Waals surface area (Å²) in [6.45, 7) is 8.62. The van der Waals surface area contributed by atoms with E-state index in [2.05, 4.69) is 6.92 Å². The number of carboxylic acids is 1. The van der Waals surface area contributed by atoms with E-state index < -0.39 is 12.0 Å². The molecule has 0 radical (unpaired) electrons. The van der Waals surface area contributed by atoms with Gasteiger partial charge in [-0.2, -0.15) is 0 Å². The number of aliphatic carboxylic acids is 1. The topological polar surface area (TPSA) is 40.5 Å². The molecule has 1 rings (SSSR count). The van der Waals surface area contributed by atoms with Crippen LogP contribution in [0.1, 0.15) is 31.4 Å². The summed E-state index contributed by atoms with van der Waals surface area (Å²) in [5, 5.41) is 9.18. The second kappa shape index (κ2) is 5.71. The van der Waals surface area contributed by atoms with Gasteiger partial charge in [0, 0.05) is 12.2 Å². The van der Waals surface area contributed by atoms with E-state index in [1.165, 1.54) is 0 Å². The Hall–Kier alpha value is -1.51. The summed E-state index contributed by atoms with van der Waals surface area (Å²) in [7, 11) is 0. The van der Waals surface area contributed by atoms with Gasteiger partial charge in [-0.15, -0.1) is 0 Å². The van der Waals surface area contributed by atoms with Crippen LogP contribution in [0.25, 0.3) is 0 Å². The van der Waals surface area contributed by atoms with Crippen LogP contribution in [0.15, 0.2) is 18.2 Å². The van der Waals surface area contributed by atoms with Gasteiger partial charge in [-0.05, 0) is 38.3 Å². The fourth-order valence-corrected chi connectivity index (χ4v) is 2.13. The maximum absolute atomic E-state index is 11.2. The Morgan fingerprint density at radius 2 is 1.88 bits per heavy atom. The number of carboxylic acid groups (broad SMARTS) is 1. The van der Waals surface area contributed by atoms with Gasteiger partial charge in [0.25, 0.3) is 0 Å². The van der Waals surface area contributed by atoms with Crippen molar-refractivity contribution in [2.45, 2.75) is 40.2 Å². The summed E-state index contributed by atoms with van der Waals surface area (Å²) in [5.41, 5.74) is 3.32. The number of carbonyl (C=O) groups is 1. The molecule has 0 amide bonds. The van der Waals surface area contributed by atoms with Crippen LogP contribution >= 0.6 is 0 Å². The minimum Gasteiger partial charge on any atom is -0.480 e. The summed E-state index contributed by atoms with van der Waals surface area (Å²) >= 11 is 0. The molecule has 1 aromatic rings. The van der Waals surface area contributed by atoms with Crippen molar-refractivity contribution in [2.75, 3.05) is 11.4 Å². The fourth-order valence-electron chi connectivity index (χ4n) is 2.13. The summed E-state index contributed by atoms with van der Waals surface area (Å²) in [6, 6.07) is 5.57. The van der Waals surface area contributed by atoms with Gasteiger partial charge in [-0.25, -0.2) is 4.79 Å². The second-order valence-corrected chi connectivity index (χ2v) is 4.45. The molecule has 1 unspecified atom stereocenters. The monoisotopic (exact) mass is 235 g/mol. The lowest BCUT2D eigenvalue weighted by atomic mass is 10.1. The lowest BCUT2D eigenvalue weighted by Crippen LogP contribution is -2.40. The van der Waals surface area contributed by atoms with Gasteiger partial charge in [0.15, 0.2) is 0 Å². The van der Waals surface area contributed by atoms with Crippen LogP contribution in [0.5, 0.6) is 0 Å². The molecule has 0 aliphatic carbocycles. The molecule has 0 spiro atoms. The molecule has 1 N–H and O–H groups in total. The van der Waals surface area contributed by atoms with Gasteiger partial charge in [0.2, 0.25) is 0 Å². The van der Waals surface area contributed by atoms with Crippen molar-refractivity contribution in [3.63, 3.8) is 0 Å². The lowest BCUT2D eigenvalue weighted by molar-refractivity contribution is -0.138. The fraction of sp³-hybridized carbons (Fsp3) is 0.500. The molecule has 1 aromatic carbocycles. The number of nitrogens with zero attached hydrogens (tertiary/aromatic N) is 1. The number of aryl methyl sites for hydroxylation is 2. The lowest BCUT2D eigenvalue weighted by Gasteiger charge is -2.31. The number of hydrogen-bond acceptors (Lipinski definition) is 2. The molecule has 17 heavy (non-hydrogen) atoms. The van der Waals surface area contributed by atoms with E-state index in [-0.39, 0.29) is 0 Å². The first-order chi connectivity index (χ1) is 7.99. The standard InChI is InChI=1S/C14H21NO2/c1-5-9-15(12(4)14(16)17)13-10(2)7-6-8-11(13)3/h6-8,12H,5,9H2,1-4H3,(H,16,17). The van der Waals surface area contributed by atoms with Gasteiger partial charge in [0.05, 0.1) is 0 Å². The van der Waals surface area contributed by atoms with E-state index in [0.717, 1.165) is 29.8 Å². The first kappa shape index (κ1) is 13.6. The van der Waals surface area contributed by atoms with Gasteiger partial charge in [-0.1, -0.05) is 25.1 Å². The average Bonchev–Trinajstić information content (AvgIpc) is 2.26. The van der Waals surface area contributed by atoms with Crippen molar-refractivity contribution in [3.05, 3.63) is 29.3 Å². The summed E-state index contributed by atoms with van der Waals surface area (Å²) in [6.07, 6.45) is 0.936. The summed E-state index contributed by atoms with van der Waals surface area (Å²) in [5.74, 6) is -0.777. The molecular weight excluding hydrogens is 214 g/mol. The highest BCUT2D eigenvalue weighted by Crippen LogP contribution is 2.26. The minimum absolute atomic E-state index is 0.491. The average molecular weight is 235 g/mol. The van der Waals surface area contributed by atoms with Crippen LogP contribution in [-0.4, -0.2) is 23.7 Å². The molecule has 0 heterocycles. The third kappa shape index (κ3) is 2.99. The zero-order valence-corrected chi connectivity index (χ0v) is 11.0. The largest absolute Gasteiger partial charge is 0.480 e. The third-order valence-electron chi connectivity index (χ3n) is 3.02. The second-order valence-electron chi connectivity index (χ2n) is 4.45. The normalized spacial score (nSPS) is 12.2. The Morgan fingerprint density at radius 3 is 2.29 bits per heavy atom. The van der Waals surface area contributed by atoms with Crippen molar-refractivity contribution < 1.29 is 9.90 Å². The van der Waals surface area contributed by atoms with E-state index in [1.807, 2.05) is 36.9 Å². The van der Waals surface area contributed by atoms with Crippen LogP contribution < -0.4 is 4.90 Å². The van der Waals surface area contributed by atoms with Gasteiger partial charge >= 0.3 is 5.97 Å². The highest BCUT2D eigenvalue weighted by Gasteiger charge is 2.22. The van der Waals surface area contributed by atoms with Crippen LogP contribution in [0, 0.1) is 13.8 Å². The smallest absolute Gasteiger partial charge is 0.326 e. The SMILES string of the molecule is CCCN(c1c(C)cccc1C)C(C)C(=O)O. The highest BCUT2D eigenvalue weighted by atomic mass is 16.4. The van der Waals surface area contributed by atoms with Crippen LogP contribution in [-0.2, 0) is 4.79 Å². The van der Waals surface area contributed by atoms with Crippen molar-refractivity contribution in [1.29, 1.82) is 0 Å². The van der Waals surface area contributed by atoms with Crippen molar-refractivity contribution in [1.82, 2.24) is 0 Å². The number of benzene rings is 1. The first-order valence-electron chi connectivity index (χ1n) is 6.04. The molecule has 0 aromatic heterocycles. The molecule has 0 fully saturated rings. The zero-order valence-electron chi connectivity index (χ0n) is 11.0. The molecule has 94 valence electrons. The molecule has 0 aliphatic heterocycles. The maximum atomic E-state index is 11.2. The summed E-state index contributed by atoms with van der Waals surface area (Å²) in [4.78, 5) is 13.1. The minimum atomic E-state index is -0.777. The molecule has 3 nitrogen and oxygen atoms in total. The number of hydrogen-bond donors (Lipinski definition) is 1. The van der Waals surface area contributed by atoms with Crippen LogP contribution in [0.4, 0.5) is 5.69 Å². The Morgan fingerprint density at radius 1 is 1.35 bits per heavy atom. The molecular formula is C14H21NO2. The third-order valence-corrected chi connectivity index (χ3v) is 3.02. The van der Waals surface area contributed by atoms with Gasteiger partial charge < -0.3 is 10.0 Å². The number of rotatable bonds is 5. The van der Waals surface area contributed by atoms with E-state index >= 15 is 0 Å². The van der Waals surface area contributed by atoms with E-state index in [0.29, 0.717) is 0 Å². The Balaban J connectivity index is 3.18. The Kier molecular flexibility index (Phi) is 4.55. The van der Waals surface area contributed by atoms with Crippen LogP contribution in [0.3, 0.4) is 0 Å². The van der Waals surface area contributed by atoms with E-state index in [4.69, 9.17) is 0 Å². The molecule has 0 saturated heterocycles. The molecule has 0 saturated carbocycles. The predicted molar refractivity (Wildman–Crippen MR) is 70.7 cm³/mol. The molecule has 0 bridgehead atoms. The van der Waals surface area contributed by atoms with Crippen molar-refractivity contribution in [2.24, 2.45) is 0 Å².